The van der Waals surface area contributed by atoms with E-state index in [4.69, 9.17) is 9.47 Å². The molecular weight excluding hydrogens is 224 g/mol. The van der Waals surface area contributed by atoms with Crippen molar-refractivity contribution in [3.8, 4) is 11.5 Å². The highest BCUT2D eigenvalue weighted by atomic mass is 16.5. The molecule has 92 valence electrons. The molecule has 0 aliphatic heterocycles. The van der Waals surface area contributed by atoms with Gasteiger partial charge >= 0.3 is 0 Å². The van der Waals surface area contributed by atoms with Crippen molar-refractivity contribution in [3.63, 3.8) is 0 Å². The minimum Gasteiger partial charge on any atom is -0.487 e. The average molecular weight is 240 g/mol. The summed E-state index contributed by atoms with van der Waals surface area (Å²) in [6.45, 7) is 0. The molecule has 0 heterocycles. The lowest BCUT2D eigenvalue weighted by Gasteiger charge is -2.36. The largest absolute Gasteiger partial charge is 0.487 e. The van der Waals surface area contributed by atoms with Gasteiger partial charge in [-0.05, 0) is 37.1 Å². The Morgan fingerprint density at radius 1 is 0.611 bits per heavy atom. The third-order valence-electron chi connectivity index (χ3n) is 3.21. The van der Waals surface area contributed by atoms with Gasteiger partial charge < -0.3 is 9.47 Å². The summed E-state index contributed by atoms with van der Waals surface area (Å²) in [6, 6.07) is 19.9. The van der Waals surface area contributed by atoms with Crippen LogP contribution in [-0.2, 0) is 0 Å². The van der Waals surface area contributed by atoms with Crippen LogP contribution in [0, 0.1) is 0 Å². The van der Waals surface area contributed by atoms with Crippen LogP contribution in [0.5, 0.6) is 11.5 Å². The Labute approximate surface area is 107 Å². The van der Waals surface area contributed by atoms with Gasteiger partial charge in [0.25, 0.3) is 0 Å². The standard InChI is InChI=1S/C16H16O2/c1-3-7-13(8-4-1)17-15-11-12-16(15)18-14-9-5-2-6-10-14/h1-10,15-16H,11-12H2/t15-,16+. The highest BCUT2D eigenvalue weighted by Gasteiger charge is 2.34. The topological polar surface area (TPSA) is 18.5 Å². The summed E-state index contributed by atoms with van der Waals surface area (Å²) < 4.78 is 11.8. The van der Waals surface area contributed by atoms with Crippen molar-refractivity contribution < 1.29 is 9.47 Å². The minimum absolute atomic E-state index is 0.174. The molecule has 0 bridgehead atoms. The summed E-state index contributed by atoms with van der Waals surface area (Å²) in [6.07, 6.45) is 2.47. The first-order valence-corrected chi connectivity index (χ1v) is 6.35. The van der Waals surface area contributed by atoms with Crippen LogP contribution in [0.15, 0.2) is 60.7 Å². The molecule has 2 atom stereocenters. The predicted octanol–water partition coefficient (Wildman–Crippen LogP) is 3.68. The number of hydrogen-bond acceptors (Lipinski definition) is 2. The molecule has 0 spiro atoms. The van der Waals surface area contributed by atoms with Crippen molar-refractivity contribution in [3.05, 3.63) is 60.7 Å². The van der Waals surface area contributed by atoms with Gasteiger partial charge in [0, 0.05) is 0 Å². The maximum Gasteiger partial charge on any atom is 0.136 e. The zero-order chi connectivity index (χ0) is 12.2. The molecule has 1 saturated carbocycles. The molecule has 0 N–H and O–H groups in total. The number of para-hydroxylation sites is 2. The fraction of sp³-hybridized carbons (Fsp3) is 0.250. The zero-order valence-electron chi connectivity index (χ0n) is 10.2. The smallest absolute Gasteiger partial charge is 0.136 e. The monoisotopic (exact) mass is 240 g/mol. The molecule has 18 heavy (non-hydrogen) atoms. The van der Waals surface area contributed by atoms with Gasteiger partial charge in [-0.3, -0.25) is 0 Å². The average Bonchev–Trinajstić information content (AvgIpc) is 2.43. The van der Waals surface area contributed by atoms with E-state index in [2.05, 4.69) is 0 Å². The summed E-state index contributed by atoms with van der Waals surface area (Å²) in [5.41, 5.74) is 0. The van der Waals surface area contributed by atoms with Gasteiger partial charge in [-0.25, -0.2) is 0 Å². The number of ether oxygens (including phenoxy) is 2. The molecule has 1 aliphatic rings. The van der Waals surface area contributed by atoms with Crippen LogP contribution >= 0.6 is 0 Å². The normalized spacial score (nSPS) is 22.0. The fourth-order valence-electron chi connectivity index (χ4n) is 2.06. The van der Waals surface area contributed by atoms with E-state index in [0.29, 0.717) is 0 Å². The molecule has 0 aromatic heterocycles. The molecule has 0 unspecified atom stereocenters. The minimum atomic E-state index is 0.174. The second-order valence-electron chi connectivity index (χ2n) is 4.52. The Bertz CT molecular complexity index is 433. The Morgan fingerprint density at radius 2 is 1.00 bits per heavy atom. The Hall–Kier alpha value is -1.96. The zero-order valence-corrected chi connectivity index (χ0v) is 10.2. The SMILES string of the molecule is c1ccc(O[C@H]2CC[C@H]2Oc2ccccc2)cc1. The summed E-state index contributed by atoms with van der Waals surface area (Å²) in [5.74, 6) is 1.84. The Morgan fingerprint density at radius 3 is 1.33 bits per heavy atom. The van der Waals surface area contributed by atoms with Crippen molar-refractivity contribution in [2.24, 2.45) is 0 Å². The van der Waals surface area contributed by atoms with Crippen molar-refractivity contribution in [2.75, 3.05) is 0 Å². The van der Waals surface area contributed by atoms with E-state index in [1.165, 1.54) is 0 Å². The van der Waals surface area contributed by atoms with Gasteiger partial charge in [-0.2, -0.15) is 0 Å². The predicted molar refractivity (Wildman–Crippen MR) is 71.0 cm³/mol. The quantitative estimate of drug-likeness (QED) is 0.811. The lowest BCUT2D eigenvalue weighted by atomic mass is 9.91. The summed E-state index contributed by atoms with van der Waals surface area (Å²) in [5, 5.41) is 0. The molecule has 0 amide bonds. The van der Waals surface area contributed by atoms with Gasteiger partial charge in [-0.1, -0.05) is 36.4 Å². The highest BCUT2D eigenvalue weighted by Crippen LogP contribution is 2.29. The molecule has 0 radical (unpaired) electrons. The molecule has 2 aromatic carbocycles. The Kier molecular flexibility index (Phi) is 3.18. The third-order valence-corrected chi connectivity index (χ3v) is 3.21. The molecule has 3 rings (SSSR count). The molecule has 1 fully saturated rings. The second-order valence-corrected chi connectivity index (χ2v) is 4.52. The lowest BCUT2D eigenvalue weighted by Crippen LogP contribution is -2.45. The first-order chi connectivity index (χ1) is 8.92. The van der Waals surface area contributed by atoms with Crippen molar-refractivity contribution in [1.82, 2.24) is 0 Å². The maximum absolute atomic E-state index is 5.91. The number of rotatable bonds is 4. The van der Waals surface area contributed by atoms with Crippen LogP contribution in [0.1, 0.15) is 12.8 Å². The third kappa shape index (κ3) is 2.48. The van der Waals surface area contributed by atoms with Crippen LogP contribution < -0.4 is 9.47 Å². The van der Waals surface area contributed by atoms with Crippen molar-refractivity contribution in [1.29, 1.82) is 0 Å². The van der Waals surface area contributed by atoms with E-state index in [1.54, 1.807) is 0 Å². The molecule has 0 saturated heterocycles. The summed E-state index contributed by atoms with van der Waals surface area (Å²) in [7, 11) is 0. The van der Waals surface area contributed by atoms with Crippen LogP contribution in [0.3, 0.4) is 0 Å². The molecule has 2 heteroatoms. The van der Waals surface area contributed by atoms with E-state index in [0.717, 1.165) is 24.3 Å². The van der Waals surface area contributed by atoms with Gasteiger partial charge in [0.1, 0.15) is 23.7 Å². The summed E-state index contributed by atoms with van der Waals surface area (Å²) >= 11 is 0. The molecule has 1 aliphatic carbocycles. The van der Waals surface area contributed by atoms with E-state index < -0.39 is 0 Å². The van der Waals surface area contributed by atoms with E-state index >= 15 is 0 Å². The second kappa shape index (κ2) is 5.13. The van der Waals surface area contributed by atoms with Crippen LogP contribution in [-0.4, -0.2) is 12.2 Å². The van der Waals surface area contributed by atoms with Crippen LogP contribution in [0.4, 0.5) is 0 Å². The highest BCUT2D eigenvalue weighted by molar-refractivity contribution is 5.23. The van der Waals surface area contributed by atoms with Crippen molar-refractivity contribution in [2.45, 2.75) is 25.0 Å². The maximum atomic E-state index is 5.91. The Balaban J connectivity index is 1.59. The number of hydrogen-bond donors (Lipinski definition) is 0. The molecule has 2 nitrogen and oxygen atoms in total. The van der Waals surface area contributed by atoms with Crippen LogP contribution in [0.25, 0.3) is 0 Å². The van der Waals surface area contributed by atoms with Gasteiger partial charge in [-0.15, -0.1) is 0 Å². The first-order valence-electron chi connectivity index (χ1n) is 6.35. The lowest BCUT2D eigenvalue weighted by molar-refractivity contribution is -0.0196. The van der Waals surface area contributed by atoms with Crippen molar-refractivity contribution >= 4 is 0 Å². The van der Waals surface area contributed by atoms with Gasteiger partial charge in [0.2, 0.25) is 0 Å². The summed E-state index contributed by atoms with van der Waals surface area (Å²) in [4.78, 5) is 0. The number of benzene rings is 2. The van der Waals surface area contributed by atoms with E-state index in [1.807, 2.05) is 60.7 Å². The molecule has 2 aromatic rings. The van der Waals surface area contributed by atoms with Gasteiger partial charge in [0.15, 0.2) is 0 Å². The van der Waals surface area contributed by atoms with Crippen LogP contribution in [0.2, 0.25) is 0 Å². The first kappa shape index (κ1) is 11.1. The van der Waals surface area contributed by atoms with E-state index in [9.17, 15) is 0 Å². The van der Waals surface area contributed by atoms with Gasteiger partial charge in [0.05, 0.1) is 0 Å². The molecular formula is C16H16O2. The fourth-order valence-corrected chi connectivity index (χ4v) is 2.06. The van der Waals surface area contributed by atoms with E-state index in [-0.39, 0.29) is 12.2 Å².